The van der Waals surface area contributed by atoms with Gasteiger partial charge in [-0.3, -0.25) is 4.79 Å². The van der Waals surface area contributed by atoms with Crippen molar-refractivity contribution >= 4 is 12.6 Å². The third-order valence-corrected chi connectivity index (χ3v) is 3.77. The van der Waals surface area contributed by atoms with Crippen LogP contribution >= 0.6 is 0 Å². The van der Waals surface area contributed by atoms with E-state index in [1.807, 2.05) is 0 Å². The summed E-state index contributed by atoms with van der Waals surface area (Å²) in [5.41, 5.74) is 0. The monoisotopic (exact) mass is 352 g/mol. The van der Waals surface area contributed by atoms with Crippen LogP contribution in [0.2, 0.25) is 0 Å². The first-order chi connectivity index (χ1) is 11.4. The maximum atomic E-state index is 11.2. The van der Waals surface area contributed by atoms with Crippen molar-refractivity contribution in [2.24, 2.45) is 0 Å². The molecule has 0 amide bonds. The normalized spacial score (nSPS) is 34.3. The molecule has 0 aliphatic carbocycles. The average molecular weight is 352 g/mol. The van der Waals surface area contributed by atoms with Crippen molar-refractivity contribution in [3.63, 3.8) is 0 Å². The van der Waals surface area contributed by atoms with Gasteiger partial charge in [0.15, 0.2) is 12.6 Å². The van der Waals surface area contributed by atoms with Crippen LogP contribution in [0.5, 0.6) is 0 Å². The molecule has 1 heterocycles. The van der Waals surface area contributed by atoms with Gasteiger partial charge in [0.25, 0.3) is 0 Å². The minimum absolute atomic E-state index is 0.242. The van der Waals surface area contributed by atoms with Crippen LogP contribution in [0.4, 0.5) is 0 Å². The van der Waals surface area contributed by atoms with Gasteiger partial charge in [0.2, 0.25) is 6.29 Å². The van der Waals surface area contributed by atoms with Crippen molar-refractivity contribution in [3.05, 3.63) is 0 Å². The first-order valence-corrected chi connectivity index (χ1v) is 7.41. The van der Waals surface area contributed by atoms with Crippen LogP contribution in [0.25, 0.3) is 0 Å². The summed E-state index contributed by atoms with van der Waals surface area (Å²) in [6.07, 6.45) is -8.99. The maximum Gasteiger partial charge on any atom is 0.215 e. The zero-order valence-electron chi connectivity index (χ0n) is 13.4. The van der Waals surface area contributed by atoms with Gasteiger partial charge in [-0.1, -0.05) is 0 Å². The molecule has 1 aliphatic rings. The number of carbonyl (C=O) groups is 2. The Morgan fingerprint density at radius 2 is 1.83 bits per heavy atom. The van der Waals surface area contributed by atoms with Gasteiger partial charge in [-0.2, -0.15) is 0 Å². The predicted octanol–water partition coefficient (Wildman–Crippen LogP) is -3.01. The van der Waals surface area contributed by atoms with E-state index in [9.17, 15) is 30.0 Å². The molecular formula is C14H24O10. The summed E-state index contributed by atoms with van der Waals surface area (Å²) in [6, 6.07) is 0. The number of carbonyl (C=O) groups excluding carboxylic acids is 2. The second kappa shape index (κ2) is 10.1. The molecule has 8 atom stereocenters. The van der Waals surface area contributed by atoms with E-state index in [0.717, 1.165) is 0 Å². The largest absolute Gasteiger partial charge is 0.394 e. The van der Waals surface area contributed by atoms with Gasteiger partial charge in [0.1, 0.15) is 36.6 Å². The first-order valence-electron chi connectivity index (χ1n) is 7.41. The molecule has 0 aromatic heterocycles. The fourth-order valence-corrected chi connectivity index (χ4v) is 2.38. The summed E-state index contributed by atoms with van der Waals surface area (Å²) in [5.74, 6) is 0. The Balaban J connectivity index is 2.81. The Labute approximate surface area is 138 Å². The lowest BCUT2D eigenvalue weighted by atomic mass is 9.96. The van der Waals surface area contributed by atoms with Gasteiger partial charge in [0, 0.05) is 7.11 Å². The van der Waals surface area contributed by atoms with Gasteiger partial charge in [0.05, 0.1) is 19.3 Å². The Kier molecular flexibility index (Phi) is 8.87. The highest BCUT2D eigenvalue weighted by Crippen LogP contribution is 2.24. The van der Waals surface area contributed by atoms with Crippen LogP contribution in [0.3, 0.4) is 0 Å². The average Bonchev–Trinajstić information content (AvgIpc) is 2.60. The van der Waals surface area contributed by atoms with Crippen molar-refractivity contribution < 1.29 is 49.0 Å². The van der Waals surface area contributed by atoms with Crippen molar-refractivity contribution in [1.29, 1.82) is 0 Å². The Morgan fingerprint density at radius 3 is 2.29 bits per heavy atom. The smallest absolute Gasteiger partial charge is 0.215 e. The number of aliphatic hydroxyl groups excluding tert-OH is 4. The molecule has 10 heteroatoms. The van der Waals surface area contributed by atoms with Crippen molar-refractivity contribution in [2.45, 2.75) is 55.9 Å². The zero-order chi connectivity index (χ0) is 18.3. The summed E-state index contributed by atoms with van der Waals surface area (Å²) in [4.78, 5) is 22.0. The molecule has 1 rings (SSSR count). The molecule has 0 bridgehead atoms. The Hall–Kier alpha value is -0.980. The highest BCUT2D eigenvalue weighted by Gasteiger charge is 2.44. The summed E-state index contributed by atoms with van der Waals surface area (Å²) >= 11 is 0. The highest BCUT2D eigenvalue weighted by atomic mass is 16.7. The highest BCUT2D eigenvalue weighted by molar-refractivity contribution is 5.57. The van der Waals surface area contributed by atoms with E-state index < -0.39 is 62.2 Å². The number of rotatable bonds is 10. The molecule has 1 fully saturated rings. The molecular weight excluding hydrogens is 328 g/mol. The lowest BCUT2D eigenvalue weighted by molar-refractivity contribution is -0.281. The molecule has 7 unspecified atom stereocenters. The molecule has 1 saturated heterocycles. The summed E-state index contributed by atoms with van der Waals surface area (Å²) in [5, 5.41) is 38.5. The number of aliphatic hydroxyl groups is 4. The minimum Gasteiger partial charge on any atom is -0.394 e. The first kappa shape index (κ1) is 21.1. The maximum absolute atomic E-state index is 11.2. The van der Waals surface area contributed by atoms with Gasteiger partial charge in [-0.25, -0.2) is 0 Å². The van der Waals surface area contributed by atoms with Crippen LogP contribution in [0.15, 0.2) is 0 Å². The second-order valence-corrected chi connectivity index (χ2v) is 5.34. The summed E-state index contributed by atoms with van der Waals surface area (Å²) in [6.45, 7) is 0.357. The van der Waals surface area contributed by atoms with E-state index in [2.05, 4.69) is 0 Å². The number of hydrogen-bond donors (Lipinski definition) is 4. The van der Waals surface area contributed by atoms with E-state index in [0.29, 0.717) is 6.29 Å². The van der Waals surface area contributed by atoms with Crippen LogP contribution in [0, 0.1) is 0 Å². The molecule has 4 N–H and O–H groups in total. The molecule has 1 aliphatic heterocycles. The lowest BCUT2D eigenvalue weighted by Crippen LogP contribution is -2.59. The standard InChI is InChI=1S/C14H24O10/c1-7-12(19)13(20)14(10(5-17)22-7)24-11(6-18)23-9(4-16)8(3-15)21-2/h3,6-14,16-17,19-20H,4-5H2,1-2H3/t7-,8?,9?,10?,11?,12?,13?,14?/m0/s1. The van der Waals surface area contributed by atoms with E-state index in [1.54, 1.807) is 0 Å². The number of ether oxygens (including phenoxy) is 4. The molecule has 0 aromatic rings. The van der Waals surface area contributed by atoms with Crippen molar-refractivity contribution in [3.8, 4) is 0 Å². The molecule has 0 radical (unpaired) electrons. The number of hydrogen-bond acceptors (Lipinski definition) is 10. The minimum atomic E-state index is -1.59. The fourth-order valence-electron chi connectivity index (χ4n) is 2.38. The molecule has 140 valence electrons. The van der Waals surface area contributed by atoms with Crippen LogP contribution in [0.1, 0.15) is 6.92 Å². The molecule has 0 spiro atoms. The molecule has 24 heavy (non-hydrogen) atoms. The van der Waals surface area contributed by atoms with Crippen molar-refractivity contribution in [1.82, 2.24) is 0 Å². The quantitative estimate of drug-likeness (QED) is 0.236. The van der Waals surface area contributed by atoms with Gasteiger partial charge >= 0.3 is 0 Å². The molecule has 0 aromatic carbocycles. The molecule has 10 nitrogen and oxygen atoms in total. The Bertz CT molecular complexity index is 390. The zero-order valence-corrected chi connectivity index (χ0v) is 13.4. The van der Waals surface area contributed by atoms with Crippen LogP contribution < -0.4 is 0 Å². The summed E-state index contributed by atoms with van der Waals surface area (Å²) < 4.78 is 20.6. The van der Waals surface area contributed by atoms with Crippen LogP contribution in [-0.4, -0.2) is 102 Å². The fraction of sp³-hybridized carbons (Fsp3) is 0.857. The van der Waals surface area contributed by atoms with E-state index >= 15 is 0 Å². The van der Waals surface area contributed by atoms with E-state index in [1.165, 1.54) is 14.0 Å². The van der Waals surface area contributed by atoms with Gasteiger partial charge < -0.3 is 44.2 Å². The lowest BCUT2D eigenvalue weighted by Gasteiger charge is -2.41. The predicted molar refractivity (Wildman–Crippen MR) is 77.0 cm³/mol. The number of methoxy groups -OCH3 is 1. The van der Waals surface area contributed by atoms with Gasteiger partial charge in [-0.15, -0.1) is 0 Å². The Morgan fingerprint density at radius 1 is 1.17 bits per heavy atom. The van der Waals surface area contributed by atoms with E-state index in [-0.39, 0.29) is 6.29 Å². The molecule has 0 saturated carbocycles. The third kappa shape index (κ3) is 5.01. The van der Waals surface area contributed by atoms with E-state index in [4.69, 9.17) is 18.9 Å². The van der Waals surface area contributed by atoms with Gasteiger partial charge in [-0.05, 0) is 6.92 Å². The topological polar surface area (TPSA) is 152 Å². The second-order valence-electron chi connectivity index (χ2n) is 5.34. The van der Waals surface area contributed by atoms with Crippen molar-refractivity contribution in [2.75, 3.05) is 20.3 Å². The van der Waals surface area contributed by atoms with Crippen LogP contribution in [-0.2, 0) is 28.5 Å². The number of aldehydes is 2. The SMILES string of the molecule is COC(C=O)C(CO)OC(C=O)OC1C(CO)O[C@@H](C)C(O)C1O. The third-order valence-electron chi connectivity index (χ3n) is 3.77. The summed E-state index contributed by atoms with van der Waals surface area (Å²) in [7, 11) is 1.22.